The standard InChI is InChI=1S/C12H17NO4/c14-12(15)11-4-3-10(17-11)7-13-6-9-2-1-5-16-8-9/h3-4,9,13H,1-2,5-8H2,(H,14,15). The second-order valence-electron chi connectivity index (χ2n) is 4.29. The number of nitrogens with one attached hydrogen (secondary N) is 1. The van der Waals surface area contributed by atoms with Crippen molar-refractivity contribution in [2.45, 2.75) is 19.4 Å². The molecule has 1 aliphatic rings. The number of hydrogen-bond donors (Lipinski definition) is 2. The van der Waals surface area contributed by atoms with Crippen molar-refractivity contribution in [3.8, 4) is 0 Å². The summed E-state index contributed by atoms with van der Waals surface area (Å²) in [7, 11) is 0. The predicted molar refractivity (Wildman–Crippen MR) is 60.9 cm³/mol. The summed E-state index contributed by atoms with van der Waals surface area (Å²) in [6.45, 7) is 3.12. The fourth-order valence-electron chi connectivity index (χ4n) is 1.96. The highest BCUT2D eigenvalue weighted by atomic mass is 16.5. The Kier molecular flexibility index (Phi) is 4.17. The minimum atomic E-state index is -1.03. The minimum absolute atomic E-state index is 0.0113. The SMILES string of the molecule is O=C(O)c1ccc(CNCC2CCCOC2)o1. The third-order valence-corrected chi connectivity index (χ3v) is 2.86. The maximum atomic E-state index is 10.6. The van der Waals surface area contributed by atoms with Crippen molar-refractivity contribution < 1.29 is 19.1 Å². The molecule has 1 saturated heterocycles. The van der Waals surface area contributed by atoms with E-state index >= 15 is 0 Å². The average molecular weight is 239 g/mol. The molecule has 17 heavy (non-hydrogen) atoms. The number of carbonyl (C=O) groups is 1. The zero-order valence-corrected chi connectivity index (χ0v) is 9.65. The number of hydrogen-bond acceptors (Lipinski definition) is 4. The summed E-state index contributed by atoms with van der Waals surface area (Å²) in [6, 6.07) is 3.16. The molecule has 0 aromatic carbocycles. The zero-order valence-electron chi connectivity index (χ0n) is 9.65. The van der Waals surface area contributed by atoms with E-state index in [0.717, 1.165) is 26.2 Å². The summed E-state index contributed by atoms with van der Waals surface area (Å²) in [5.74, 6) is 0.163. The van der Waals surface area contributed by atoms with Gasteiger partial charge in [0.25, 0.3) is 0 Å². The maximum absolute atomic E-state index is 10.6. The van der Waals surface area contributed by atoms with Gasteiger partial charge in [0, 0.05) is 13.2 Å². The molecular formula is C12H17NO4. The Morgan fingerprint density at radius 3 is 3.06 bits per heavy atom. The van der Waals surface area contributed by atoms with Crippen LogP contribution in [-0.4, -0.2) is 30.8 Å². The Morgan fingerprint density at radius 1 is 1.53 bits per heavy atom. The molecule has 0 aliphatic carbocycles. The van der Waals surface area contributed by atoms with Crippen LogP contribution < -0.4 is 5.32 Å². The average Bonchev–Trinajstić information content (AvgIpc) is 2.79. The quantitative estimate of drug-likeness (QED) is 0.814. The van der Waals surface area contributed by atoms with Gasteiger partial charge in [0.2, 0.25) is 5.76 Å². The highest BCUT2D eigenvalue weighted by Crippen LogP contribution is 2.13. The Labute approximate surface area is 99.8 Å². The van der Waals surface area contributed by atoms with Crippen LogP contribution in [0.2, 0.25) is 0 Å². The number of carboxylic acid groups (broad SMARTS) is 1. The number of aromatic carboxylic acids is 1. The largest absolute Gasteiger partial charge is 0.475 e. The van der Waals surface area contributed by atoms with Gasteiger partial charge in [-0.25, -0.2) is 4.79 Å². The molecule has 1 aromatic rings. The molecule has 2 rings (SSSR count). The van der Waals surface area contributed by atoms with E-state index in [9.17, 15) is 4.79 Å². The van der Waals surface area contributed by atoms with Crippen molar-refractivity contribution in [2.24, 2.45) is 5.92 Å². The first-order chi connectivity index (χ1) is 8.25. The molecule has 5 nitrogen and oxygen atoms in total. The van der Waals surface area contributed by atoms with Gasteiger partial charge in [-0.3, -0.25) is 0 Å². The van der Waals surface area contributed by atoms with Gasteiger partial charge in [-0.15, -0.1) is 0 Å². The van der Waals surface area contributed by atoms with Gasteiger partial charge in [-0.05, 0) is 30.9 Å². The van der Waals surface area contributed by atoms with Crippen LogP contribution >= 0.6 is 0 Å². The molecule has 2 heterocycles. The lowest BCUT2D eigenvalue weighted by molar-refractivity contribution is 0.0545. The summed E-state index contributed by atoms with van der Waals surface area (Å²) in [6.07, 6.45) is 2.31. The molecule has 0 amide bonds. The first-order valence-electron chi connectivity index (χ1n) is 5.86. The fourth-order valence-corrected chi connectivity index (χ4v) is 1.96. The van der Waals surface area contributed by atoms with Crippen LogP contribution in [0, 0.1) is 5.92 Å². The van der Waals surface area contributed by atoms with Gasteiger partial charge in [-0.2, -0.15) is 0 Å². The maximum Gasteiger partial charge on any atom is 0.371 e. The first-order valence-corrected chi connectivity index (χ1v) is 5.86. The lowest BCUT2D eigenvalue weighted by atomic mass is 10.0. The number of rotatable bonds is 5. The van der Waals surface area contributed by atoms with Crippen LogP contribution in [0.3, 0.4) is 0 Å². The molecular weight excluding hydrogens is 222 g/mol. The Balaban J connectivity index is 1.71. The predicted octanol–water partition coefficient (Wildman–Crippen LogP) is 1.49. The van der Waals surface area contributed by atoms with Crippen LogP contribution in [0.5, 0.6) is 0 Å². The highest BCUT2D eigenvalue weighted by molar-refractivity contribution is 5.84. The minimum Gasteiger partial charge on any atom is -0.475 e. The van der Waals surface area contributed by atoms with Crippen molar-refractivity contribution >= 4 is 5.97 Å². The van der Waals surface area contributed by atoms with E-state index in [1.165, 1.54) is 12.5 Å². The Bertz CT molecular complexity index is 368. The van der Waals surface area contributed by atoms with Crippen LogP contribution in [0.1, 0.15) is 29.2 Å². The molecule has 1 aromatic heterocycles. The smallest absolute Gasteiger partial charge is 0.371 e. The van der Waals surface area contributed by atoms with E-state index in [4.69, 9.17) is 14.3 Å². The molecule has 94 valence electrons. The van der Waals surface area contributed by atoms with Crippen LogP contribution in [0.4, 0.5) is 0 Å². The molecule has 1 unspecified atom stereocenters. The lowest BCUT2D eigenvalue weighted by Gasteiger charge is -2.21. The summed E-state index contributed by atoms with van der Waals surface area (Å²) >= 11 is 0. The fraction of sp³-hybridized carbons (Fsp3) is 0.583. The number of furan rings is 1. The van der Waals surface area contributed by atoms with Crippen LogP contribution in [0.15, 0.2) is 16.5 Å². The van der Waals surface area contributed by atoms with E-state index in [0.29, 0.717) is 18.2 Å². The molecule has 1 aliphatic heterocycles. The van der Waals surface area contributed by atoms with Crippen molar-refractivity contribution in [1.82, 2.24) is 5.32 Å². The third kappa shape index (κ3) is 3.57. The van der Waals surface area contributed by atoms with Crippen molar-refractivity contribution in [3.63, 3.8) is 0 Å². The van der Waals surface area contributed by atoms with Crippen molar-refractivity contribution in [1.29, 1.82) is 0 Å². The van der Waals surface area contributed by atoms with Gasteiger partial charge in [0.05, 0.1) is 13.2 Å². The number of carboxylic acids is 1. The van der Waals surface area contributed by atoms with Crippen molar-refractivity contribution in [3.05, 3.63) is 23.7 Å². The third-order valence-electron chi connectivity index (χ3n) is 2.86. The van der Waals surface area contributed by atoms with E-state index in [1.807, 2.05) is 0 Å². The first kappa shape index (κ1) is 12.1. The summed E-state index contributed by atoms with van der Waals surface area (Å²) in [5.41, 5.74) is 0. The molecule has 0 bridgehead atoms. The molecule has 1 fully saturated rings. The Hall–Kier alpha value is -1.33. The van der Waals surface area contributed by atoms with E-state index in [2.05, 4.69) is 5.32 Å². The number of ether oxygens (including phenoxy) is 1. The summed E-state index contributed by atoms with van der Waals surface area (Å²) < 4.78 is 10.5. The lowest BCUT2D eigenvalue weighted by Crippen LogP contribution is -2.28. The molecule has 0 radical (unpaired) electrons. The van der Waals surface area contributed by atoms with Gasteiger partial charge in [0.1, 0.15) is 5.76 Å². The van der Waals surface area contributed by atoms with Crippen LogP contribution in [0.25, 0.3) is 0 Å². The van der Waals surface area contributed by atoms with E-state index in [1.54, 1.807) is 6.07 Å². The van der Waals surface area contributed by atoms with Crippen LogP contribution in [-0.2, 0) is 11.3 Å². The topological polar surface area (TPSA) is 71.7 Å². The molecule has 0 spiro atoms. The summed E-state index contributed by atoms with van der Waals surface area (Å²) in [5, 5.41) is 12.0. The molecule has 0 saturated carbocycles. The van der Waals surface area contributed by atoms with Gasteiger partial charge < -0.3 is 19.6 Å². The van der Waals surface area contributed by atoms with E-state index in [-0.39, 0.29) is 5.76 Å². The van der Waals surface area contributed by atoms with Gasteiger partial charge in [0.15, 0.2) is 0 Å². The highest BCUT2D eigenvalue weighted by Gasteiger charge is 2.14. The normalized spacial score (nSPS) is 20.4. The summed E-state index contributed by atoms with van der Waals surface area (Å²) in [4.78, 5) is 10.6. The molecule has 5 heteroatoms. The zero-order chi connectivity index (χ0) is 12.1. The van der Waals surface area contributed by atoms with E-state index < -0.39 is 5.97 Å². The monoisotopic (exact) mass is 239 g/mol. The second-order valence-corrected chi connectivity index (χ2v) is 4.29. The molecule has 1 atom stereocenters. The van der Waals surface area contributed by atoms with Gasteiger partial charge in [-0.1, -0.05) is 0 Å². The Morgan fingerprint density at radius 2 is 2.41 bits per heavy atom. The van der Waals surface area contributed by atoms with Gasteiger partial charge >= 0.3 is 5.97 Å². The molecule has 2 N–H and O–H groups in total. The second kappa shape index (κ2) is 5.84. The van der Waals surface area contributed by atoms with Crippen molar-refractivity contribution in [2.75, 3.05) is 19.8 Å².